The smallest absolute Gasteiger partial charge is 0.336 e. The van der Waals surface area contributed by atoms with Crippen LogP contribution in [-0.4, -0.2) is 15.8 Å². The molecule has 0 aromatic heterocycles. The molecule has 1 aromatic rings. The highest BCUT2D eigenvalue weighted by Crippen LogP contribution is 2.41. The topological polar surface area (TPSA) is 113 Å². The van der Waals surface area contributed by atoms with Crippen LogP contribution in [0.1, 0.15) is 57.9 Å². The van der Waals surface area contributed by atoms with Gasteiger partial charge in [-0.15, -0.1) is 0 Å². The van der Waals surface area contributed by atoms with Gasteiger partial charge < -0.3 is 4.74 Å². The first-order valence-corrected chi connectivity index (χ1v) is 8.13. The number of carbonyl (C=O) groups excluding carboxylic acids is 1. The van der Waals surface area contributed by atoms with Crippen molar-refractivity contribution >= 4 is 17.3 Å². The SMILES string of the molecule is C/C=C/C(=O)Oc1c(C(C)CCCCC)cc([N+](=O)[O-])cc1[N+](=O)[O-]. The summed E-state index contributed by atoms with van der Waals surface area (Å²) in [6.45, 7) is 5.47. The van der Waals surface area contributed by atoms with Gasteiger partial charge in [-0.25, -0.2) is 4.79 Å². The number of hydrogen-bond acceptors (Lipinski definition) is 6. The van der Waals surface area contributed by atoms with E-state index < -0.39 is 27.2 Å². The summed E-state index contributed by atoms with van der Waals surface area (Å²) in [5.74, 6) is -1.21. The number of allylic oxidation sites excluding steroid dienone is 1. The Bertz CT molecular complexity index is 684. The number of benzene rings is 1. The molecule has 0 radical (unpaired) electrons. The number of hydrogen-bond donors (Lipinski definition) is 0. The van der Waals surface area contributed by atoms with Crippen molar-refractivity contribution in [3.63, 3.8) is 0 Å². The Balaban J connectivity index is 3.42. The van der Waals surface area contributed by atoms with Crippen LogP contribution in [0.4, 0.5) is 11.4 Å². The lowest BCUT2D eigenvalue weighted by atomic mass is 9.93. The van der Waals surface area contributed by atoms with Crippen molar-refractivity contribution in [2.75, 3.05) is 0 Å². The minimum Gasteiger partial charge on any atom is -0.416 e. The van der Waals surface area contributed by atoms with Crippen molar-refractivity contribution in [1.82, 2.24) is 0 Å². The van der Waals surface area contributed by atoms with E-state index >= 15 is 0 Å². The van der Waals surface area contributed by atoms with Gasteiger partial charge in [0.05, 0.1) is 15.9 Å². The molecule has 0 aliphatic heterocycles. The van der Waals surface area contributed by atoms with Crippen molar-refractivity contribution in [3.05, 3.63) is 50.1 Å². The molecule has 8 heteroatoms. The molecule has 25 heavy (non-hydrogen) atoms. The van der Waals surface area contributed by atoms with E-state index in [1.807, 2.05) is 13.8 Å². The Kier molecular flexibility index (Phi) is 7.71. The summed E-state index contributed by atoms with van der Waals surface area (Å²) < 4.78 is 5.15. The van der Waals surface area contributed by atoms with E-state index in [1.54, 1.807) is 6.92 Å². The third kappa shape index (κ3) is 5.66. The number of non-ortho nitro benzene ring substituents is 1. The quantitative estimate of drug-likeness (QED) is 0.160. The molecule has 1 unspecified atom stereocenters. The highest BCUT2D eigenvalue weighted by Gasteiger charge is 2.29. The standard InChI is InChI=1S/C17H22N2O6/c1-4-6-7-9-12(3)14-10-13(18(21)22)11-15(19(23)24)17(14)25-16(20)8-5-2/h5,8,10-12H,4,6-7,9H2,1-3H3/b8-5+. The van der Waals surface area contributed by atoms with E-state index in [4.69, 9.17) is 4.74 Å². The molecule has 1 atom stereocenters. The van der Waals surface area contributed by atoms with Gasteiger partial charge in [0.15, 0.2) is 0 Å². The second-order valence-electron chi connectivity index (χ2n) is 5.72. The van der Waals surface area contributed by atoms with Crippen LogP contribution in [0.5, 0.6) is 5.75 Å². The summed E-state index contributed by atoms with van der Waals surface area (Å²) in [6, 6.07) is 2.07. The maximum atomic E-state index is 11.8. The van der Waals surface area contributed by atoms with Crippen molar-refractivity contribution in [2.45, 2.75) is 52.4 Å². The van der Waals surface area contributed by atoms with Crippen molar-refractivity contribution in [3.8, 4) is 5.75 Å². The van der Waals surface area contributed by atoms with Gasteiger partial charge in [0.1, 0.15) is 0 Å². The number of nitro benzene ring substituents is 2. The number of rotatable bonds is 9. The maximum absolute atomic E-state index is 11.8. The van der Waals surface area contributed by atoms with Crippen molar-refractivity contribution in [2.24, 2.45) is 0 Å². The number of ether oxygens (including phenoxy) is 1. The summed E-state index contributed by atoms with van der Waals surface area (Å²) in [5.41, 5.74) is -0.672. The van der Waals surface area contributed by atoms with Gasteiger partial charge in [0.2, 0.25) is 5.75 Å². The predicted molar refractivity (Wildman–Crippen MR) is 92.8 cm³/mol. The molecule has 1 aromatic carbocycles. The van der Waals surface area contributed by atoms with Crippen molar-refractivity contribution in [1.29, 1.82) is 0 Å². The number of nitrogens with zero attached hydrogens (tertiary/aromatic N) is 2. The van der Waals surface area contributed by atoms with Gasteiger partial charge in [-0.3, -0.25) is 20.2 Å². The molecule has 1 rings (SSSR count). The van der Waals surface area contributed by atoms with E-state index in [0.29, 0.717) is 12.0 Å². The molecule has 0 spiro atoms. The summed E-state index contributed by atoms with van der Waals surface area (Å²) in [5, 5.41) is 22.5. The molecule has 8 nitrogen and oxygen atoms in total. The van der Waals surface area contributed by atoms with Gasteiger partial charge in [-0.05, 0) is 19.3 Å². The van der Waals surface area contributed by atoms with Crippen molar-refractivity contribution < 1.29 is 19.4 Å². The van der Waals surface area contributed by atoms with E-state index in [1.165, 1.54) is 12.1 Å². The lowest BCUT2D eigenvalue weighted by molar-refractivity contribution is -0.394. The molecule has 0 heterocycles. The Morgan fingerprint density at radius 3 is 2.44 bits per heavy atom. The van der Waals surface area contributed by atoms with Gasteiger partial charge in [0.25, 0.3) is 5.69 Å². The summed E-state index contributed by atoms with van der Waals surface area (Å²) in [7, 11) is 0. The molecule has 0 N–H and O–H groups in total. The molecule has 0 aliphatic rings. The normalized spacial score (nSPS) is 12.1. The molecular formula is C17H22N2O6. The first-order valence-electron chi connectivity index (χ1n) is 8.13. The van der Waals surface area contributed by atoms with Crippen LogP contribution in [0.15, 0.2) is 24.3 Å². The number of nitro groups is 2. The second kappa shape index (κ2) is 9.51. The largest absolute Gasteiger partial charge is 0.416 e. The Hall–Kier alpha value is -2.77. The fourth-order valence-electron chi connectivity index (χ4n) is 2.47. The zero-order valence-corrected chi connectivity index (χ0v) is 14.6. The molecule has 0 aliphatic carbocycles. The summed E-state index contributed by atoms with van der Waals surface area (Å²) in [6.07, 6.45) is 6.12. The zero-order valence-electron chi connectivity index (χ0n) is 14.6. The van der Waals surface area contributed by atoms with Gasteiger partial charge in [0, 0.05) is 17.7 Å². The fraction of sp³-hybridized carbons (Fsp3) is 0.471. The molecule has 0 fully saturated rings. The van der Waals surface area contributed by atoms with Crippen LogP contribution in [0.3, 0.4) is 0 Å². The maximum Gasteiger partial charge on any atom is 0.336 e. The monoisotopic (exact) mass is 350 g/mol. The van der Waals surface area contributed by atoms with Crippen LogP contribution in [0.25, 0.3) is 0 Å². The fourth-order valence-corrected chi connectivity index (χ4v) is 2.47. The third-order valence-electron chi connectivity index (χ3n) is 3.77. The molecule has 0 bridgehead atoms. The Morgan fingerprint density at radius 1 is 1.24 bits per heavy atom. The first kappa shape index (κ1) is 20.3. The van der Waals surface area contributed by atoms with Gasteiger partial charge >= 0.3 is 11.7 Å². The van der Waals surface area contributed by atoms with Crippen LogP contribution in [-0.2, 0) is 4.79 Å². The average molecular weight is 350 g/mol. The highest BCUT2D eigenvalue weighted by molar-refractivity contribution is 5.85. The zero-order chi connectivity index (χ0) is 19.0. The predicted octanol–water partition coefficient (Wildman–Crippen LogP) is 4.67. The summed E-state index contributed by atoms with van der Waals surface area (Å²) in [4.78, 5) is 32.8. The summed E-state index contributed by atoms with van der Waals surface area (Å²) >= 11 is 0. The molecule has 136 valence electrons. The molecule has 0 saturated heterocycles. The Morgan fingerprint density at radius 2 is 1.92 bits per heavy atom. The third-order valence-corrected chi connectivity index (χ3v) is 3.77. The molecule has 0 saturated carbocycles. The number of unbranched alkanes of at least 4 members (excludes halogenated alkanes) is 2. The van der Waals surface area contributed by atoms with Crippen LogP contribution in [0.2, 0.25) is 0 Å². The minimum atomic E-state index is -0.770. The number of carbonyl (C=O) groups is 1. The van der Waals surface area contributed by atoms with E-state index in [2.05, 4.69) is 0 Å². The highest BCUT2D eigenvalue weighted by atomic mass is 16.6. The lowest BCUT2D eigenvalue weighted by Crippen LogP contribution is -2.10. The average Bonchev–Trinajstić information content (AvgIpc) is 2.54. The molecule has 0 amide bonds. The minimum absolute atomic E-state index is 0.220. The van der Waals surface area contributed by atoms with E-state index in [9.17, 15) is 25.0 Å². The first-order chi connectivity index (χ1) is 11.8. The number of esters is 1. The van der Waals surface area contributed by atoms with Crippen LogP contribution >= 0.6 is 0 Å². The van der Waals surface area contributed by atoms with Gasteiger partial charge in [-0.2, -0.15) is 0 Å². The molecular weight excluding hydrogens is 328 g/mol. The van der Waals surface area contributed by atoms with Crippen LogP contribution < -0.4 is 4.74 Å². The lowest BCUT2D eigenvalue weighted by Gasteiger charge is -2.15. The van der Waals surface area contributed by atoms with E-state index in [0.717, 1.165) is 31.4 Å². The van der Waals surface area contributed by atoms with E-state index in [-0.39, 0.29) is 11.7 Å². The van der Waals surface area contributed by atoms with Crippen LogP contribution in [0, 0.1) is 20.2 Å². The second-order valence-corrected chi connectivity index (χ2v) is 5.72. The van der Waals surface area contributed by atoms with Gasteiger partial charge in [-0.1, -0.05) is 39.2 Å². The Labute approximate surface area is 145 Å².